The minimum atomic E-state index is -1.16. The van der Waals surface area contributed by atoms with Gasteiger partial charge in [0.1, 0.15) is 0 Å². The zero-order valence-corrected chi connectivity index (χ0v) is 15.5. The first kappa shape index (κ1) is 19.5. The van der Waals surface area contributed by atoms with Gasteiger partial charge >= 0.3 is 6.09 Å². The Morgan fingerprint density at radius 1 is 1.32 bits per heavy atom. The number of nitrogens with two attached hydrogens (primary N) is 1. The molecule has 130 valence electrons. The van der Waals surface area contributed by atoms with Crippen LogP contribution in [0.5, 0.6) is 0 Å². The second-order valence-corrected chi connectivity index (χ2v) is 13.5. The minimum absolute atomic E-state index is 0.0783. The van der Waals surface area contributed by atoms with Crippen LogP contribution >= 0.6 is 0 Å². The number of ether oxygens (including phenoxy) is 1. The molecule has 0 saturated heterocycles. The number of alkyl carbamates (subject to hydrolysis) is 1. The van der Waals surface area contributed by atoms with Gasteiger partial charge in [-0.1, -0.05) is 38.9 Å². The van der Waals surface area contributed by atoms with Gasteiger partial charge in [0, 0.05) is 20.7 Å². The summed E-state index contributed by atoms with van der Waals surface area (Å²) in [5.74, 6) is 0. The Balaban J connectivity index is 2.11. The molecular formula is C16H34N2O3Si. The monoisotopic (exact) mass is 330 g/mol. The molecule has 1 saturated carbocycles. The highest BCUT2D eigenvalue weighted by Gasteiger charge is 2.30. The molecule has 4 N–H and O–H groups in total. The lowest BCUT2D eigenvalue weighted by Crippen LogP contribution is -2.40. The Morgan fingerprint density at radius 2 is 1.95 bits per heavy atom. The molecule has 0 aromatic rings. The normalized spacial score (nSPS) is 19.5. The van der Waals surface area contributed by atoms with Crippen molar-refractivity contribution in [2.75, 3.05) is 13.2 Å². The molecule has 1 aliphatic carbocycles. The number of hydrogen-bond donors (Lipinski definition) is 3. The molecule has 5 nitrogen and oxygen atoms in total. The first-order valence-electron chi connectivity index (χ1n) is 8.59. The van der Waals surface area contributed by atoms with Crippen molar-refractivity contribution in [2.24, 2.45) is 5.73 Å². The van der Waals surface area contributed by atoms with Crippen molar-refractivity contribution in [3.8, 4) is 0 Å². The van der Waals surface area contributed by atoms with Gasteiger partial charge in [-0.05, 0) is 31.7 Å². The highest BCUT2D eigenvalue weighted by atomic mass is 28.3. The molecule has 0 bridgehead atoms. The third-order valence-electron chi connectivity index (χ3n) is 4.30. The van der Waals surface area contributed by atoms with Gasteiger partial charge in [0.05, 0.1) is 12.2 Å². The first-order chi connectivity index (χ1) is 10.2. The van der Waals surface area contributed by atoms with Gasteiger partial charge in [-0.25, -0.2) is 4.79 Å². The number of carbonyl (C=O) groups is 1. The van der Waals surface area contributed by atoms with Crippen LogP contribution in [0.2, 0.25) is 25.7 Å². The van der Waals surface area contributed by atoms with Gasteiger partial charge < -0.3 is 20.9 Å². The van der Waals surface area contributed by atoms with E-state index in [1.54, 1.807) is 0 Å². The van der Waals surface area contributed by atoms with E-state index in [4.69, 9.17) is 10.5 Å². The Labute approximate surface area is 136 Å². The Hall–Kier alpha value is -0.593. The van der Waals surface area contributed by atoms with E-state index in [0.29, 0.717) is 26.0 Å². The molecule has 0 spiro atoms. The number of amides is 1. The van der Waals surface area contributed by atoms with E-state index < -0.39 is 13.7 Å². The van der Waals surface area contributed by atoms with E-state index in [-0.39, 0.29) is 12.1 Å². The Kier molecular flexibility index (Phi) is 7.86. The minimum Gasteiger partial charge on any atom is -0.450 e. The summed E-state index contributed by atoms with van der Waals surface area (Å²) in [6.07, 6.45) is 6.03. The lowest BCUT2D eigenvalue weighted by Gasteiger charge is -2.34. The van der Waals surface area contributed by atoms with Crippen molar-refractivity contribution in [1.82, 2.24) is 5.32 Å². The molecule has 22 heavy (non-hydrogen) atoms. The smallest absolute Gasteiger partial charge is 0.407 e. The second kappa shape index (κ2) is 8.89. The number of nitrogens with one attached hydrogen (secondary N) is 1. The van der Waals surface area contributed by atoms with Crippen LogP contribution in [0.4, 0.5) is 4.79 Å². The van der Waals surface area contributed by atoms with Gasteiger partial charge in [-0.2, -0.15) is 0 Å². The van der Waals surface area contributed by atoms with Crippen LogP contribution in [0, 0.1) is 0 Å². The summed E-state index contributed by atoms with van der Waals surface area (Å²) < 4.78 is 5.16. The average Bonchev–Trinajstić information content (AvgIpc) is 2.37. The fourth-order valence-corrected chi connectivity index (χ4v) is 3.58. The first-order valence-corrected chi connectivity index (χ1v) is 12.3. The van der Waals surface area contributed by atoms with Crippen molar-refractivity contribution in [1.29, 1.82) is 0 Å². The Morgan fingerprint density at radius 3 is 2.55 bits per heavy atom. The van der Waals surface area contributed by atoms with Crippen molar-refractivity contribution in [3.63, 3.8) is 0 Å². The van der Waals surface area contributed by atoms with Crippen LogP contribution in [-0.4, -0.2) is 44.1 Å². The van der Waals surface area contributed by atoms with Crippen molar-refractivity contribution >= 4 is 14.2 Å². The maximum Gasteiger partial charge on any atom is 0.407 e. The third kappa shape index (κ3) is 8.75. The van der Waals surface area contributed by atoms with Crippen LogP contribution in [0.25, 0.3) is 0 Å². The number of hydrogen-bond acceptors (Lipinski definition) is 4. The van der Waals surface area contributed by atoms with Crippen LogP contribution in [0.15, 0.2) is 0 Å². The lowest BCUT2D eigenvalue weighted by molar-refractivity contribution is -0.00968. The van der Waals surface area contributed by atoms with Crippen LogP contribution in [0.3, 0.4) is 0 Å². The standard InChI is InChI=1S/C16H34N2O3Si/c1-22(2,3)12-11-21-15(19)18-10-7-14(17)13-16(20)8-5-4-6-9-16/h14,20H,4-13,17H2,1-3H3,(H,18,19). The number of carbonyl (C=O) groups excluding carboxylic acids is 1. The fourth-order valence-electron chi connectivity index (χ4n) is 2.86. The molecule has 0 heterocycles. The molecule has 1 amide bonds. The molecule has 1 atom stereocenters. The molecule has 6 heteroatoms. The zero-order valence-electron chi connectivity index (χ0n) is 14.5. The van der Waals surface area contributed by atoms with E-state index in [9.17, 15) is 9.90 Å². The molecule has 1 fully saturated rings. The van der Waals surface area contributed by atoms with E-state index in [1.165, 1.54) is 6.42 Å². The van der Waals surface area contributed by atoms with Crippen molar-refractivity contribution in [2.45, 2.75) is 82.3 Å². The summed E-state index contributed by atoms with van der Waals surface area (Å²) in [5, 5.41) is 13.2. The predicted octanol–water partition coefficient (Wildman–Crippen LogP) is 2.85. The van der Waals surface area contributed by atoms with Gasteiger partial charge in [0.2, 0.25) is 0 Å². The summed E-state index contributed by atoms with van der Waals surface area (Å²) >= 11 is 0. The van der Waals surface area contributed by atoms with E-state index in [2.05, 4.69) is 25.0 Å². The Bertz CT molecular complexity index is 339. The quantitative estimate of drug-likeness (QED) is 0.597. The topological polar surface area (TPSA) is 84.6 Å². The molecule has 1 rings (SSSR count). The average molecular weight is 331 g/mol. The van der Waals surface area contributed by atoms with Crippen molar-refractivity contribution < 1.29 is 14.6 Å². The molecular weight excluding hydrogens is 296 g/mol. The number of aliphatic hydroxyl groups is 1. The zero-order chi connectivity index (χ0) is 16.6. The van der Waals surface area contributed by atoms with Gasteiger partial charge in [0.25, 0.3) is 0 Å². The van der Waals surface area contributed by atoms with Gasteiger partial charge in [-0.3, -0.25) is 0 Å². The molecule has 1 aliphatic rings. The highest BCUT2D eigenvalue weighted by Crippen LogP contribution is 2.31. The van der Waals surface area contributed by atoms with Gasteiger partial charge in [0.15, 0.2) is 0 Å². The summed E-state index contributed by atoms with van der Waals surface area (Å²) in [4.78, 5) is 11.6. The molecule has 1 unspecified atom stereocenters. The largest absolute Gasteiger partial charge is 0.450 e. The number of rotatable bonds is 8. The predicted molar refractivity (Wildman–Crippen MR) is 92.7 cm³/mol. The molecule has 0 aromatic carbocycles. The van der Waals surface area contributed by atoms with E-state index in [1.807, 2.05) is 0 Å². The van der Waals surface area contributed by atoms with E-state index in [0.717, 1.165) is 31.7 Å². The lowest BCUT2D eigenvalue weighted by atomic mass is 9.80. The van der Waals surface area contributed by atoms with Crippen LogP contribution in [-0.2, 0) is 4.74 Å². The molecule has 0 aromatic heterocycles. The second-order valence-electron chi connectivity index (χ2n) is 7.91. The van der Waals surface area contributed by atoms with Crippen molar-refractivity contribution in [3.05, 3.63) is 0 Å². The third-order valence-corrected chi connectivity index (χ3v) is 6.00. The van der Waals surface area contributed by atoms with E-state index >= 15 is 0 Å². The maximum absolute atomic E-state index is 11.6. The molecule has 0 aliphatic heterocycles. The van der Waals surface area contributed by atoms with Crippen LogP contribution < -0.4 is 11.1 Å². The summed E-state index contributed by atoms with van der Waals surface area (Å²) in [6, 6.07) is 0.901. The summed E-state index contributed by atoms with van der Waals surface area (Å²) in [6.45, 7) is 7.76. The summed E-state index contributed by atoms with van der Waals surface area (Å²) in [7, 11) is -1.16. The summed E-state index contributed by atoms with van der Waals surface area (Å²) in [5.41, 5.74) is 5.50. The fraction of sp³-hybridized carbons (Fsp3) is 0.938. The SMILES string of the molecule is C[Si](C)(C)CCOC(=O)NCCC(N)CC1(O)CCCCC1. The van der Waals surface area contributed by atoms with Crippen LogP contribution in [0.1, 0.15) is 44.9 Å². The maximum atomic E-state index is 11.6. The highest BCUT2D eigenvalue weighted by molar-refractivity contribution is 6.76. The molecule has 0 radical (unpaired) electrons. The van der Waals surface area contributed by atoms with Gasteiger partial charge in [-0.15, -0.1) is 0 Å².